The van der Waals surface area contributed by atoms with Crippen molar-refractivity contribution >= 4 is 59.8 Å². The molecule has 36 heavy (non-hydrogen) atoms. The van der Waals surface area contributed by atoms with Crippen LogP contribution < -0.4 is 16.0 Å². The van der Waals surface area contributed by atoms with Gasteiger partial charge in [0.15, 0.2) is 0 Å². The Morgan fingerprint density at radius 2 is 1.14 bits per heavy atom. The summed E-state index contributed by atoms with van der Waals surface area (Å²) in [6.07, 6.45) is 9.39. The molecule has 0 unspecified atom stereocenters. The number of benzene rings is 2. The van der Waals surface area contributed by atoms with Crippen LogP contribution in [0.5, 0.6) is 0 Å². The SMILES string of the molecule is Cl.Cl.Cl.O=C1c2cccc3cccc(c23)C(=O)N1CCCCNCCCCNCCCCNC1CC1. The molecule has 0 aromatic heterocycles. The molecule has 9 heteroatoms. The Hall–Kier alpha value is -1.41. The van der Waals surface area contributed by atoms with E-state index in [0.29, 0.717) is 17.7 Å². The number of nitrogens with zero attached hydrogens (tertiary/aromatic N) is 1. The topological polar surface area (TPSA) is 73.5 Å². The highest BCUT2D eigenvalue weighted by molar-refractivity contribution is 6.25. The maximum Gasteiger partial charge on any atom is 0.261 e. The van der Waals surface area contributed by atoms with Crippen molar-refractivity contribution < 1.29 is 9.59 Å². The molecule has 2 aromatic carbocycles. The van der Waals surface area contributed by atoms with Crippen LogP contribution in [-0.2, 0) is 0 Å². The van der Waals surface area contributed by atoms with Gasteiger partial charge in [-0.15, -0.1) is 37.2 Å². The van der Waals surface area contributed by atoms with Gasteiger partial charge in [0, 0.05) is 29.1 Å². The van der Waals surface area contributed by atoms with E-state index in [1.165, 1.54) is 50.0 Å². The summed E-state index contributed by atoms with van der Waals surface area (Å²) in [6.45, 7) is 5.79. The molecule has 2 aromatic rings. The second kappa shape index (κ2) is 17.2. The second-order valence-corrected chi connectivity index (χ2v) is 9.32. The minimum Gasteiger partial charge on any atom is -0.317 e. The van der Waals surface area contributed by atoms with E-state index < -0.39 is 0 Å². The molecular formula is C27H41Cl3N4O2. The number of carbonyl (C=O) groups is 2. The van der Waals surface area contributed by atoms with E-state index >= 15 is 0 Å². The van der Waals surface area contributed by atoms with Crippen LogP contribution >= 0.6 is 37.2 Å². The van der Waals surface area contributed by atoms with E-state index in [9.17, 15) is 9.59 Å². The molecular weight excluding hydrogens is 519 g/mol. The third-order valence-electron chi connectivity index (χ3n) is 6.59. The highest BCUT2D eigenvalue weighted by Gasteiger charge is 2.31. The predicted molar refractivity (Wildman–Crippen MR) is 156 cm³/mol. The van der Waals surface area contributed by atoms with E-state index in [-0.39, 0.29) is 49.0 Å². The summed E-state index contributed by atoms with van der Waals surface area (Å²) >= 11 is 0. The minimum absolute atomic E-state index is 0. The lowest BCUT2D eigenvalue weighted by Crippen LogP contribution is -2.41. The molecule has 1 aliphatic carbocycles. The lowest BCUT2D eigenvalue weighted by atomic mass is 9.94. The number of unbranched alkanes of at least 4 members (excludes halogenated alkanes) is 3. The summed E-state index contributed by atoms with van der Waals surface area (Å²) in [6, 6.07) is 12.2. The zero-order valence-corrected chi connectivity index (χ0v) is 23.4. The normalized spacial score (nSPS) is 14.3. The van der Waals surface area contributed by atoms with Crippen molar-refractivity contribution in [2.24, 2.45) is 0 Å². The quantitative estimate of drug-likeness (QED) is 0.200. The van der Waals surface area contributed by atoms with Gasteiger partial charge in [-0.1, -0.05) is 24.3 Å². The molecule has 0 radical (unpaired) electrons. The Morgan fingerprint density at radius 1 is 0.667 bits per heavy atom. The molecule has 2 amide bonds. The van der Waals surface area contributed by atoms with Crippen LogP contribution in [0.4, 0.5) is 0 Å². The summed E-state index contributed by atoms with van der Waals surface area (Å²) in [7, 11) is 0. The van der Waals surface area contributed by atoms with E-state index in [1.54, 1.807) is 0 Å². The lowest BCUT2D eigenvalue weighted by Gasteiger charge is -2.27. The van der Waals surface area contributed by atoms with Gasteiger partial charge in [0.1, 0.15) is 0 Å². The van der Waals surface area contributed by atoms with Gasteiger partial charge < -0.3 is 16.0 Å². The molecule has 202 valence electrons. The summed E-state index contributed by atoms with van der Waals surface area (Å²) < 4.78 is 0. The third kappa shape index (κ3) is 9.16. The van der Waals surface area contributed by atoms with Crippen LogP contribution in [0.3, 0.4) is 0 Å². The number of hydrogen-bond acceptors (Lipinski definition) is 5. The fraction of sp³-hybridized carbons (Fsp3) is 0.556. The summed E-state index contributed by atoms with van der Waals surface area (Å²) in [5, 5.41) is 12.3. The Bertz CT molecular complexity index is 905. The number of nitrogens with one attached hydrogen (secondary N) is 3. The average molecular weight is 560 g/mol. The van der Waals surface area contributed by atoms with Crippen LogP contribution in [0.15, 0.2) is 36.4 Å². The number of halogens is 3. The average Bonchev–Trinajstić information content (AvgIpc) is 3.66. The molecule has 1 aliphatic heterocycles. The Kier molecular flexibility index (Phi) is 15.6. The molecule has 1 fully saturated rings. The van der Waals surface area contributed by atoms with E-state index in [1.807, 2.05) is 36.4 Å². The smallest absolute Gasteiger partial charge is 0.261 e. The molecule has 1 saturated carbocycles. The van der Waals surface area contributed by atoms with Crippen LogP contribution in [0.1, 0.15) is 72.1 Å². The highest BCUT2D eigenvalue weighted by atomic mass is 35.5. The number of carbonyl (C=O) groups excluding carboxylic acids is 2. The van der Waals surface area contributed by atoms with Gasteiger partial charge in [-0.2, -0.15) is 0 Å². The third-order valence-corrected chi connectivity index (χ3v) is 6.59. The van der Waals surface area contributed by atoms with Crippen molar-refractivity contribution in [2.45, 2.75) is 57.4 Å². The predicted octanol–water partition coefficient (Wildman–Crippen LogP) is 4.97. The van der Waals surface area contributed by atoms with Gasteiger partial charge in [-0.05, 0) is 102 Å². The molecule has 3 N–H and O–H groups in total. The largest absolute Gasteiger partial charge is 0.317 e. The first-order chi connectivity index (χ1) is 16.3. The maximum atomic E-state index is 12.9. The minimum atomic E-state index is -0.163. The van der Waals surface area contributed by atoms with Gasteiger partial charge in [0.25, 0.3) is 11.8 Å². The number of amides is 2. The Balaban J connectivity index is 0.00000216. The molecule has 4 rings (SSSR count). The van der Waals surface area contributed by atoms with E-state index in [0.717, 1.165) is 55.8 Å². The molecule has 0 bridgehead atoms. The van der Waals surface area contributed by atoms with Crippen molar-refractivity contribution in [1.29, 1.82) is 0 Å². The van der Waals surface area contributed by atoms with Gasteiger partial charge in [0.2, 0.25) is 0 Å². The number of hydrogen-bond donors (Lipinski definition) is 3. The van der Waals surface area contributed by atoms with Crippen molar-refractivity contribution in [3.8, 4) is 0 Å². The number of imide groups is 1. The molecule has 2 aliphatic rings. The van der Waals surface area contributed by atoms with Gasteiger partial charge in [-0.3, -0.25) is 14.5 Å². The zero-order chi connectivity index (χ0) is 22.9. The molecule has 6 nitrogen and oxygen atoms in total. The fourth-order valence-corrected chi connectivity index (χ4v) is 4.52. The van der Waals surface area contributed by atoms with Crippen molar-refractivity contribution in [3.63, 3.8) is 0 Å². The van der Waals surface area contributed by atoms with Crippen LogP contribution in [0, 0.1) is 0 Å². The first kappa shape index (κ1) is 32.6. The van der Waals surface area contributed by atoms with Gasteiger partial charge in [-0.25, -0.2) is 0 Å². The first-order valence-electron chi connectivity index (χ1n) is 12.8. The molecule has 0 spiro atoms. The van der Waals surface area contributed by atoms with Gasteiger partial charge in [0.05, 0.1) is 0 Å². The Labute approximate surface area is 233 Å². The van der Waals surface area contributed by atoms with E-state index in [2.05, 4.69) is 16.0 Å². The summed E-state index contributed by atoms with van der Waals surface area (Å²) in [4.78, 5) is 27.2. The maximum absolute atomic E-state index is 12.9. The first-order valence-corrected chi connectivity index (χ1v) is 12.8. The van der Waals surface area contributed by atoms with Crippen molar-refractivity contribution in [3.05, 3.63) is 47.5 Å². The Morgan fingerprint density at radius 3 is 1.64 bits per heavy atom. The number of rotatable bonds is 16. The lowest BCUT2D eigenvalue weighted by molar-refractivity contribution is 0.0608. The van der Waals surface area contributed by atoms with Crippen molar-refractivity contribution in [2.75, 3.05) is 39.3 Å². The van der Waals surface area contributed by atoms with Crippen LogP contribution in [-0.4, -0.2) is 62.0 Å². The molecule has 1 heterocycles. The van der Waals surface area contributed by atoms with Crippen LogP contribution in [0.2, 0.25) is 0 Å². The van der Waals surface area contributed by atoms with Gasteiger partial charge >= 0.3 is 0 Å². The zero-order valence-electron chi connectivity index (χ0n) is 20.9. The van der Waals surface area contributed by atoms with Crippen molar-refractivity contribution in [1.82, 2.24) is 20.9 Å². The standard InChI is InChI=1S/C27H38N4O2.3ClH/c32-26-23-11-7-9-21-10-8-12-24(25(21)23)27(33)31(26)20-6-5-18-29-16-2-1-15-28-17-3-4-19-30-22-13-14-22;;;/h7-12,22,28-30H,1-6,13-20H2;3*1H. The van der Waals surface area contributed by atoms with E-state index in [4.69, 9.17) is 0 Å². The second-order valence-electron chi connectivity index (χ2n) is 9.32. The summed E-state index contributed by atoms with van der Waals surface area (Å²) in [5.41, 5.74) is 1.29. The monoisotopic (exact) mass is 558 g/mol. The molecule has 0 saturated heterocycles. The molecule has 0 atom stereocenters. The fourth-order valence-electron chi connectivity index (χ4n) is 4.52. The van der Waals surface area contributed by atoms with Crippen LogP contribution in [0.25, 0.3) is 10.8 Å². The highest BCUT2D eigenvalue weighted by Crippen LogP contribution is 2.30. The summed E-state index contributed by atoms with van der Waals surface area (Å²) in [5.74, 6) is -0.326.